The number of nitrogens with zero attached hydrogens (tertiary/aromatic N) is 2. The highest BCUT2D eigenvalue weighted by Crippen LogP contribution is 2.15. The van der Waals surface area contributed by atoms with Crippen LogP contribution < -0.4 is 5.32 Å². The Bertz CT molecular complexity index is 840. The van der Waals surface area contributed by atoms with Crippen LogP contribution in [0.1, 0.15) is 36.0 Å². The molecule has 1 N–H and O–H groups in total. The average Bonchev–Trinajstić information content (AvgIpc) is 2.72. The molecule has 0 unspecified atom stereocenters. The van der Waals surface area contributed by atoms with Crippen molar-refractivity contribution in [3.63, 3.8) is 0 Å². The molecule has 0 aromatic heterocycles. The summed E-state index contributed by atoms with van der Waals surface area (Å²) in [7, 11) is 0. The smallest absolute Gasteiger partial charge is 0.269 e. The Morgan fingerprint density at radius 2 is 1.79 bits per heavy atom. The van der Waals surface area contributed by atoms with Crippen LogP contribution in [0.3, 0.4) is 0 Å². The summed E-state index contributed by atoms with van der Waals surface area (Å²) in [6, 6.07) is 14.4. The third-order valence-electron chi connectivity index (χ3n) is 4.84. The molecule has 1 heterocycles. The largest absolute Gasteiger partial charge is 0.348 e. The van der Waals surface area contributed by atoms with Crippen molar-refractivity contribution in [2.75, 3.05) is 13.1 Å². The van der Waals surface area contributed by atoms with Crippen molar-refractivity contribution in [2.45, 2.75) is 32.4 Å². The van der Waals surface area contributed by atoms with Crippen LogP contribution in [0.25, 0.3) is 6.08 Å². The maximum absolute atomic E-state index is 12.1. The van der Waals surface area contributed by atoms with Crippen molar-refractivity contribution in [3.05, 3.63) is 81.4 Å². The Hall–Kier alpha value is -2.99. The van der Waals surface area contributed by atoms with Gasteiger partial charge >= 0.3 is 0 Å². The van der Waals surface area contributed by atoms with Gasteiger partial charge < -0.3 is 5.32 Å². The lowest BCUT2D eigenvalue weighted by molar-refractivity contribution is -0.384. The number of nitro groups is 1. The first-order valence-electron chi connectivity index (χ1n) is 9.61. The number of benzene rings is 2. The van der Waals surface area contributed by atoms with E-state index in [9.17, 15) is 14.9 Å². The lowest BCUT2D eigenvalue weighted by Gasteiger charge is -2.26. The predicted octanol–water partition coefficient (Wildman–Crippen LogP) is 3.91. The van der Waals surface area contributed by atoms with Gasteiger partial charge in [-0.15, -0.1) is 0 Å². The highest BCUT2D eigenvalue weighted by atomic mass is 16.6. The molecular formula is C22H25N3O3. The molecular weight excluding hydrogens is 354 g/mol. The Kier molecular flexibility index (Phi) is 6.92. The van der Waals surface area contributed by atoms with E-state index in [1.807, 2.05) is 12.1 Å². The summed E-state index contributed by atoms with van der Waals surface area (Å²) in [5.74, 6) is -0.195. The lowest BCUT2D eigenvalue weighted by Crippen LogP contribution is -2.29. The zero-order valence-corrected chi connectivity index (χ0v) is 15.8. The molecule has 2 aromatic rings. The highest BCUT2D eigenvalue weighted by Gasteiger charge is 2.10. The molecule has 2 aromatic carbocycles. The quantitative estimate of drug-likeness (QED) is 0.450. The molecule has 1 fully saturated rings. The maximum Gasteiger partial charge on any atom is 0.269 e. The third-order valence-corrected chi connectivity index (χ3v) is 4.84. The number of hydrogen-bond acceptors (Lipinski definition) is 4. The molecule has 3 rings (SSSR count). The van der Waals surface area contributed by atoms with E-state index in [1.54, 1.807) is 18.2 Å². The van der Waals surface area contributed by atoms with Gasteiger partial charge in [0.1, 0.15) is 0 Å². The van der Waals surface area contributed by atoms with Gasteiger partial charge in [-0.3, -0.25) is 19.8 Å². The summed E-state index contributed by atoms with van der Waals surface area (Å²) in [6.45, 7) is 3.75. The van der Waals surface area contributed by atoms with Crippen LogP contribution in [0.4, 0.5) is 5.69 Å². The molecule has 0 saturated carbocycles. The fraction of sp³-hybridized carbons (Fsp3) is 0.318. The summed E-state index contributed by atoms with van der Waals surface area (Å²) >= 11 is 0. The van der Waals surface area contributed by atoms with Gasteiger partial charge in [-0.25, -0.2) is 0 Å². The molecule has 1 aliphatic heterocycles. The minimum atomic E-state index is -0.445. The summed E-state index contributed by atoms with van der Waals surface area (Å²) < 4.78 is 0. The molecule has 6 heteroatoms. The number of piperidine rings is 1. The first kappa shape index (κ1) is 19.8. The van der Waals surface area contributed by atoms with Crippen LogP contribution in [-0.2, 0) is 17.9 Å². The number of carbonyl (C=O) groups is 1. The van der Waals surface area contributed by atoms with Crippen LogP contribution in [0, 0.1) is 10.1 Å². The summed E-state index contributed by atoms with van der Waals surface area (Å²) in [5.41, 5.74) is 3.12. The molecule has 0 radical (unpaired) electrons. The van der Waals surface area contributed by atoms with Crippen molar-refractivity contribution in [1.82, 2.24) is 10.2 Å². The van der Waals surface area contributed by atoms with E-state index in [2.05, 4.69) is 22.3 Å². The lowest BCUT2D eigenvalue weighted by atomic mass is 10.1. The molecule has 1 saturated heterocycles. The normalized spacial score (nSPS) is 14.9. The Balaban J connectivity index is 1.49. The number of non-ortho nitro benzene ring substituents is 1. The Morgan fingerprint density at radius 1 is 1.07 bits per heavy atom. The fourth-order valence-corrected chi connectivity index (χ4v) is 3.34. The van der Waals surface area contributed by atoms with Gasteiger partial charge in [-0.1, -0.05) is 30.7 Å². The van der Waals surface area contributed by atoms with Crippen molar-refractivity contribution in [2.24, 2.45) is 0 Å². The monoisotopic (exact) mass is 379 g/mol. The molecule has 6 nitrogen and oxygen atoms in total. The molecule has 0 spiro atoms. The molecule has 0 bridgehead atoms. The van der Waals surface area contributed by atoms with Crippen molar-refractivity contribution < 1.29 is 9.72 Å². The Morgan fingerprint density at radius 3 is 2.50 bits per heavy atom. The molecule has 28 heavy (non-hydrogen) atoms. The van der Waals surface area contributed by atoms with Crippen LogP contribution in [0.15, 0.2) is 54.6 Å². The van der Waals surface area contributed by atoms with Crippen LogP contribution in [0.5, 0.6) is 0 Å². The first-order valence-corrected chi connectivity index (χ1v) is 9.61. The van der Waals surface area contributed by atoms with E-state index in [-0.39, 0.29) is 11.6 Å². The zero-order chi connectivity index (χ0) is 19.8. The number of carbonyl (C=O) groups excluding carboxylic acids is 1. The SMILES string of the molecule is O=C(/C=C/c1ccc([N+](=O)[O-])cc1)NCc1cccc(CN2CCCCC2)c1. The number of nitro benzene ring substituents is 1. The number of nitrogens with one attached hydrogen (secondary N) is 1. The van der Waals surface area contributed by atoms with Crippen molar-refractivity contribution in [1.29, 1.82) is 0 Å². The van der Waals surface area contributed by atoms with Crippen LogP contribution in [-0.4, -0.2) is 28.8 Å². The number of hydrogen-bond donors (Lipinski definition) is 1. The van der Waals surface area contributed by atoms with E-state index < -0.39 is 4.92 Å². The van der Waals surface area contributed by atoms with Crippen LogP contribution >= 0.6 is 0 Å². The van der Waals surface area contributed by atoms with Gasteiger partial charge in [0.05, 0.1) is 4.92 Å². The van der Waals surface area contributed by atoms with Gasteiger partial charge in [0.2, 0.25) is 5.91 Å². The molecule has 146 valence electrons. The first-order chi connectivity index (χ1) is 13.6. The maximum atomic E-state index is 12.1. The second-order valence-electron chi connectivity index (χ2n) is 7.06. The van der Waals surface area contributed by atoms with Gasteiger partial charge in [-0.05, 0) is 60.8 Å². The van der Waals surface area contributed by atoms with Crippen molar-refractivity contribution in [3.8, 4) is 0 Å². The molecule has 1 amide bonds. The van der Waals surface area contributed by atoms with Gasteiger partial charge in [0.25, 0.3) is 5.69 Å². The number of amides is 1. The van der Waals surface area contributed by atoms with Gasteiger partial charge in [0, 0.05) is 31.3 Å². The number of rotatable bonds is 7. The molecule has 0 aliphatic carbocycles. The Labute approximate surface area is 165 Å². The zero-order valence-electron chi connectivity index (χ0n) is 15.8. The van der Waals surface area contributed by atoms with E-state index in [1.165, 1.54) is 43.0 Å². The standard InChI is InChI=1S/C22H25N3O3/c26-22(12-9-18-7-10-21(11-8-18)25(27)28)23-16-19-5-4-6-20(15-19)17-24-13-2-1-3-14-24/h4-12,15H,1-3,13-14,16-17H2,(H,23,26)/b12-9+. The number of likely N-dealkylation sites (tertiary alicyclic amines) is 1. The predicted molar refractivity (Wildman–Crippen MR) is 110 cm³/mol. The third kappa shape index (κ3) is 6.03. The summed E-state index contributed by atoms with van der Waals surface area (Å²) in [6.07, 6.45) is 6.97. The highest BCUT2D eigenvalue weighted by molar-refractivity contribution is 5.91. The fourth-order valence-electron chi connectivity index (χ4n) is 3.34. The van der Waals surface area contributed by atoms with E-state index in [4.69, 9.17) is 0 Å². The van der Waals surface area contributed by atoms with Crippen molar-refractivity contribution >= 4 is 17.7 Å². The molecule has 0 atom stereocenters. The van der Waals surface area contributed by atoms with Gasteiger partial charge in [-0.2, -0.15) is 0 Å². The average molecular weight is 379 g/mol. The second-order valence-corrected chi connectivity index (χ2v) is 7.06. The van der Waals surface area contributed by atoms with Gasteiger partial charge in [0.15, 0.2) is 0 Å². The van der Waals surface area contributed by atoms with E-state index in [0.717, 1.165) is 30.8 Å². The van der Waals surface area contributed by atoms with E-state index in [0.29, 0.717) is 6.54 Å². The summed E-state index contributed by atoms with van der Waals surface area (Å²) in [5, 5.41) is 13.5. The summed E-state index contributed by atoms with van der Waals surface area (Å²) in [4.78, 5) is 24.7. The minimum absolute atomic E-state index is 0.0334. The topological polar surface area (TPSA) is 75.5 Å². The van der Waals surface area contributed by atoms with Crippen LogP contribution in [0.2, 0.25) is 0 Å². The minimum Gasteiger partial charge on any atom is -0.348 e. The van der Waals surface area contributed by atoms with E-state index >= 15 is 0 Å². The second kappa shape index (κ2) is 9.80. The molecule has 1 aliphatic rings.